The lowest BCUT2D eigenvalue weighted by Crippen LogP contribution is -1.83. The van der Waals surface area contributed by atoms with Gasteiger partial charge in [-0.1, -0.05) is 250 Å². The summed E-state index contributed by atoms with van der Waals surface area (Å²) < 4.78 is 0. The number of hydrogen-bond acceptors (Lipinski definition) is 0. The molecule has 0 bridgehead atoms. The molecule has 0 aliphatic carbocycles. The first-order chi connectivity index (χ1) is 28.7. The molecule has 0 heterocycles. The van der Waals surface area contributed by atoms with Crippen LogP contribution in [0.4, 0.5) is 0 Å². The summed E-state index contributed by atoms with van der Waals surface area (Å²) >= 11 is 0. The molecular formula is C59H60. The molecule has 0 saturated carbocycles. The molecule has 0 spiro atoms. The maximum atomic E-state index is 2.20. The van der Waals surface area contributed by atoms with Crippen molar-refractivity contribution in [1.29, 1.82) is 0 Å². The molecular weight excluding hydrogens is 709 g/mol. The van der Waals surface area contributed by atoms with Crippen LogP contribution in [0.15, 0.2) is 218 Å². The number of aryl methyl sites for hydroxylation is 5. The van der Waals surface area contributed by atoms with Crippen LogP contribution in [0.5, 0.6) is 0 Å². The summed E-state index contributed by atoms with van der Waals surface area (Å²) in [5, 5.41) is 5.37. The van der Waals surface area contributed by atoms with Crippen molar-refractivity contribution in [3.8, 4) is 22.3 Å². The van der Waals surface area contributed by atoms with E-state index in [0.717, 1.165) is 6.42 Å². The smallest absolute Gasteiger partial charge is 0.0155 e. The minimum absolute atomic E-state index is 0.659. The number of fused-ring (bicyclic) bond motifs is 2. The molecule has 296 valence electrons. The fourth-order valence-electron chi connectivity index (χ4n) is 6.67. The SMILES string of the molecule is CC(C)c1ccccc1.CCc1ccccc1.Cc1ccc(-c2ccc(-c3ccc(C)cc3)cc2)cc1.Cc1cccc2ccccc12.Cc1cccc2ccccc12. The molecule has 0 N–H and O–H groups in total. The Morgan fingerprint density at radius 1 is 0.322 bits per heavy atom. The van der Waals surface area contributed by atoms with Crippen LogP contribution in [0.25, 0.3) is 43.8 Å². The van der Waals surface area contributed by atoms with Gasteiger partial charge in [-0.25, -0.2) is 0 Å². The predicted octanol–water partition coefficient (Wildman–Crippen LogP) is 17.0. The fraction of sp³-hybridized carbons (Fsp3) is 0.153. The van der Waals surface area contributed by atoms with E-state index in [2.05, 4.69) is 255 Å². The summed E-state index contributed by atoms with van der Waals surface area (Å²) in [5.41, 5.74) is 13.2. The van der Waals surface area contributed by atoms with Gasteiger partial charge in [0, 0.05) is 0 Å². The van der Waals surface area contributed by atoms with E-state index >= 15 is 0 Å². The molecule has 0 atom stereocenters. The van der Waals surface area contributed by atoms with Crippen LogP contribution in [0.2, 0.25) is 0 Å². The van der Waals surface area contributed by atoms with Crippen molar-refractivity contribution >= 4 is 21.5 Å². The molecule has 9 aromatic carbocycles. The van der Waals surface area contributed by atoms with E-state index < -0.39 is 0 Å². The summed E-state index contributed by atoms with van der Waals surface area (Å²) in [6.45, 7) is 15.1. The topological polar surface area (TPSA) is 0 Å². The van der Waals surface area contributed by atoms with E-state index in [1.807, 2.05) is 12.1 Å². The highest BCUT2D eigenvalue weighted by atomic mass is 14.1. The van der Waals surface area contributed by atoms with Crippen LogP contribution in [0.3, 0.4) is 0 Å². The van der Waals surface area contributed by atoms with Crippen molar-refractivity contribution in [2.45, 2.75) is 60.8 Å². The van der Waals surface area contributed by atoms with Gasteiger partial charge in [0.05, 0.1) is 0 Å². The van der Waals surface area contributed by atoms with Gasteiger partial charge in [0.25, 0.3) is 0 Å². The first-order valence-corrected chi connectivity index (χ1v) is 20.9. The Kier molecular flexibility index (Phi) is 17.0. The average molecular weight is 769 g/mol. The van der Waals surface area contributed by atoms with Crippen molar-refractivity contribution in [3.05, 3.63) is 252 Å². The summed E-state index contributed by atoms with van der Waals surface area (Å²) in [7, 11) is 0. The van der Waals surface area contributed by atoms with Crippen molar-refractivity contribution in [2.75, 3.05) is 0 Å². The number of benzene rings is 9. The highest BCUT2D eigenvalue weighted by Gasteiger charge is 2.01. The molecule has 9 aromatic rings. The fourth-order valence-corrected chi connectivity index (χ4v) is 6.67. The zero-order valence-electron chi connectivity index (χ0n) is 36.1. The second-order valence-corrected chi connectivity index (χ2v) is 15.3. The van der Waals surface area contributed by atoms with Gasteiger partial charge >= 0.3 is 0 Å². The van der Waals surface area contributed by atoms with Gasteiger partial charge in [0.15, 0.2) is 0 Å². The monoisotopic (exact) mass is 768 g/mol. The molecule has 0 heteroatoms. The molecule has 0 amide bonds. The van der Waals surface area contributed by atoms with E-state index in [0.29, 0.717) is 5.92 Å². The normalized spacial score (nSPS) is 10.2. The zero-order valence-corrected chi connectivity index (χ0v) is 36.1. The largest absolute Gasteiger partial charge is 0.0622 e. The van der Waals surface area contributed by atoms with E-state index in [9.17, 15) is 0 Å². The molecule has 0 radical (unpaired) electrons. The maximum Gasteiger partial charge on any atom is -0.0155 e. The van der Waals surface area contributed by atoms with Crippen molar-refractivity contribution in [3.63, 3.8) is 0 Å². The van der Waals surface area contributed by atoms with E-state index in [1.54, 1.807) is 0 Å². The van der Waals surface area contributed by atoms with Crippen LogP contribution in [-0.4, -0.2) is 0 Å². The van der Waals surface area contributed by atoms with Gasteiger partial charge in [-0.15, -0.1) is 0 Å². The minimum Gasteiger partial charge on any atom is -0.0622 e. The van der Waals surface area contributed by atoms with Crippen LogP contribution in [0, 0.1) is 27.7 Å². The quantitative estimate of drug-likeness (QED) is 0.167. The van der Waals surface area contributed by atoms with Crippen LogP contribution >= 0.6 is 0 Å². The first kappa shape index (κ1) is 43.6. The van der Waals surface area contributed by atoms with E-state index in [-0.39, 0.29) is 0 Å². The Hall–Kier alpha value is -6.50. The Balaban J connectivity index is 0.000000147. The Morgan fingerprint density at radius 3 is 0.966 bits per heavy atom. The standard InChI is InChI=1S/C20H18.2C11H10.C9H12.C8H10/c1-15-3-7-17(8-4-15)19-11-13-20(14-12-19)18-9-5-16(2)6-10-18;2*1-9-5-4-7-10-6-2-3-8-11(9)10;1-8(2)9-6-4-3-5-7-9;1-2-8-6-4-3-5-7-8/h3-14H,1-2H3;2*2-8H,1H3;3-8H,1-2H3;3-7H,2H2,1H3. The lowest BCUT2D eigenvalue weighted by atomic mass is 9.99. The molecule has 59 heavy (non-hydrogen) atoms. The second-order valence-electron chi connectivity index (χ2n) is 15.3. The summed E-state index contributed by atoms with van der Waals surface area (Å²) in [4.78, 5) is 0. The summed E-state index contributed by atoms with van der Waals surface area (Å²) in [6, 6.07) is 76.7. The van der Waals surface area contributed by atoms with Gasteiger partial charge in [0.2, 0.25) is 0 Å². The van der Waals surface area contributed by atoms with E-state index in [4.69, 9.17) is 0 Å². The van der Waals surface area contributed by atoms with Gasteiger partial charge < -0.3 is 0 Å². The molecule has 0 saturated heterocycles. The highest BCUT2D eigenvalue weighted by Crippen LogP contribution is 2.25. The van der Waals surface area contributed by atoms with E-state index in [1.165, 1.54) is 77.2 Å². The second kappa shape index (κ2) is 23.0. The predicted molar refractivity (Wildman–Crippen MR) is 261 cm³/mol. The molecule has 9 rings (SSSR count). The van der Waals surface area contributed by atoms with Gasteiger partial charge in [-0.2, -0.15) is 0 Å². The van der Waals surface area contributed by atoms with Gasteiger partial charge in [0.1, 0.15) is 0 Å². The molecule has 0 aliphatic rings. The van der Waals surface area contributed by atoms with Crippen molar-refractivity contribution < 1.29 is 0 Å². The lowest BCUT2D eigenvalue weighted by Gasteiger charge is -2.06. The maximum absolute atomic E-state index is 2.20. The van der Waals surface area contributed by atoms with Gasteiger partial charge in [-0.05, 0) is 106 Å². The Labute approximate surface area is 354 Å². The summed E-state index contributed by atoms with van der Waals surface area (Å²) in [6.07, 6.45) is 1.14. The molecule has 0 aromatic heterocycles. The van der Waals surface area contributed by atoms with Crippen LogP contribution in [0.1, 0.15) is 60.1 Å². The number of hydrogen-bond donors (Lipinski definition) is 0. The third-order valence-electron chi connectivity index (χ3n) is 10.4. The minimum atomic E-state index is 0.659. The zero-order chi connectivity index (χ0) is 41.8. The van der Waals surface area contributed by atoms with Crippen molar-refractivity contribution in [2.24, 2.45) is 0 Å². The Morgan fingerprint density at radius 2 is 0.644 bits per heavy atom. The number of rotatable bonds is 4. The Bertz CT molecular complexity index is 2390. The third-order valence-corrected chi connectivity index (χ3v) is 10.4. The third kappa shape index (κ3) is 13.8. The molecule has 0 unspecified atom stereocenters. The molecule has 0 fully saturated rings. The molecule has 0 aliphatic heterocycles. The van der Waals surface area contributed by atoms with Gasteiger partial charge in [-0.3, -0.25) is 0 Å². The highest BCUT2D eigenvalue weighted by molar-refractivity contribution is 5.86. The average Bonchev–Trinajstić information content (AvgIpc) is 3.29. The lowest BCUT2D eigenvalue weighted by molar-refractivity contribution is 0.867. The molecule has 0 nitrogen and oxygen atoms in total. The van der Waals surface area contributed by atoms with Crippen LogP contribution in [-0.2, 0) is 6.42 Å². The van der Waals surface area contributed by atoms with Crippen LogP contribution < -0.4 is 0 Å². The first-order valence-electron chi connectivity index (χ1n) is 20.9. The summed E-state index contributed by atoms with van der Waals surface area (Å²) in [5.74, 6) is 0.659. The van der Waals surface area contributed by atoms with Crippen molar-refractivity contribution in [1.82, 2.24) is 0 Å².